The number of halogens is 1. The van der Waals surface area contributed by atoms with E-state index in [4.69, 9.17) is 4.74 Å². The number of benzene rings is 3. The summed E-state index contributed by atoms with van der Waals surface area (Å²) in [6.07, 6.45) is 4.56. The minimum absolute atomic E-state index is 0.00253. The molecular formula is C33H39BrN4O3. The summed E-state index contributed by atoms with van der Waals surface area (Å²) in [6, 6.07) is 25.8. The number of rotatable bonds is 14. The van der Waals surface area contributed by atoms with E-state index in [1.54, 1.807) is 12.0 Å². The molecule has 3 aromatic carbocycles. The van der Waals surface area contributed by atoms with Gasteiger partial charge in [-0.25, -0.2) is 4.79 Å². The lowest BCUT2D eigenvalue weighted by molar-refractivity contribution is -0.132. The first-order valence-corrected chi connectivity index (χ1v) is 15.0. The Balaban J connectivity index is 1.49. The van der Waals surface area contributed by atoms with Gasteiger partial charge in [0.05, 0.1) is 12.2 Å². The van der Waals surface area contributed by atoms with Gasteiger partial charge in [0.15, 0.2) is 0 Å². The first-order valence-electron chi connectivity index (χ1n) is 14.2. The average Bonchev–Trinajstić information content (AvgIpc) is 3.42. The molecule has 0 spiro atoms. The molecule has 0 saturated carbocycles. The topological polar surface area (TPSA) is 66.8 Å². The van der Waals surface area contributed by atoms with E-state index < -0.39 is 0 Å². The maximum atomic E-state index is 13.8. The molecule has 0 atom stereocenters. The summed E-state index contributed by atoms with van der Waals surface area (Å²) >= 11 is 3.50. The third kappa shape index (κ3) is 8.68. The van der Waals surface area contributed by atoms with Crippen molar-refractivity contribution in [2.45, 2.75) is 39.3 Å². The van der Waals surface area contributed by atoms with Gasteiger partial charge >= 0.3 is 6.03 Å². The molecule has 7 nitrogen and oxygen atoms in total. The molecule has 216 valence electrons. The van der Waals surface area contributed by atoms with Gasteiger partial charge in [0.25, 0.3) is 0 Å². The third-order valence-electron chi connectivity index (χ3n) is 7.10. The fourth-order valence-electron chi connectivity index (χ4n) is 4.81. The second-order valence-electron chi connectivity index (χ2n) is 10.1. The van der Waals surface area contributed by atoms with E-state index in [-0.39, 0.29) is 18.5 Å². The maximum absolute atomic E-state index is 13.8. The molecule has 1 N–H and O–H groups in total. The molecule has 0 saturated heterocycles. The summed E-state index contributed by atoms with van der Waals surface area (Å²) in [5.41, 5.74) is 2.97. The van der Waals surface area contributed by atoms with E-state index in [1.807, 2.05) is 65.6 Å². The number of methoxy groups -OCH3 is 1. The highest BCUT2D eigenvalue weighted by Gasteiger charge is 2.22. The molecule has 0 aliphatic carbocycles. The largest absolute Gasteiger partial charge is 0.385 e. The molecular weight excluding hydrogens is 580 g/mol. The quantitative estimate of drug-likeness (QED) is 0.153. The molecule has 0 aliphatic rings. The van der Waals surface area contributed by atoms with Crippen LogP contribution in [0.1, 0.15) is 37.4 Å². The normalized spacial score (nSPS) is 11.0. The predicted molar refractivity (Wildman–Crippen MR) is 169 cm³/mol. The number of hydrogen-bond donors (Lipinski definition) is 1. The standard InChI is InChI=1S/C33H39BrN4O3/c1-3-4-19-37(24-29-12-8-20-36(29)23-26-15-17-28(34)18-16-26)32(39)25-38(21-9-22-41-2)33(40)35-31-14-7-11-27-10-5-6-13-30(27)31/h5-8,10-18,20H,3-4,9,19,21-25H2,1-2H3,(H,35,40). The van der Waals surface area contributed by atoms with Crippen molar-refractivity contribution >= 4 is 44.3 Å². The Hall–Kier alpha value is -3.62. The summed E-state index contributed by atoms with van der Waals surface area (Å²) in [6.45, 7) is 4.88. The van der Waals surface area contributed by atoms with E-state index in [0.29, 0.717) is 32.7 Å². The van der Waals surface area contributed by atoms with Crippen LogP contribution in [0.3, 0.4) is 0 Å². The van der Waals surface area contributed by atoms with Crippen molar-refractivity contribution in [2.24, 2.45) is 0 Å². The molecule has 1 heterocycles. The number of anilines is 1. The van der Waals surface area contributed by atoms with Crippen molar-refractivity contribution in [3.63, 3.8) is 0 Å². The number of nitrogens with zero attached hydrogens (tertiary/aromatic N) is 3. The van der Waals surface area contributed by atoms with Crippen LogP contribution in [0.5, 0.6) is 0 Å². The van der Waals surface area contributed by atoms with Crippen LogP contribution in [0.25, 0.3) is 10.8 Å². The van der Waals surface area contributed by atoms with Gasteiger partial charge < -0.3 is 24.4 Å². The van der Waals surface area contributed by atoms with E-state index in [0.717, 1.165) is 46.0 Å². The first kappa shape index (κ1) is 30.3. The molecule has 1 aromatic heterocycles. The van der Waals surface area contributed by atoms with Crippen molar-refractivity contribution in [1.82, 2.24) is 14.4 Å². The number of hydrogen-bond acceptors (Lipinski definition) is 3. The summed E-state index contributed by atoms with van der Waals surface area (Å²) in [5.74, 6) is -0.0691. The van der Waals surface area contributed by atoms with E-state index in [1.165, 1.54) is 5.56 Å². The van der Waals surface area contributed by atoms with Crippen LogP contribution in [0, 0.1) is 0 Å². The number of urea groups is 1. The molecule has 3 amide bonds. The lowest BCUT2D eigenvalue weighted by atomic mass is 10.1. The summed E-state index contributed by atoms with van der Waals surface area (Å²) in [5, 5.41) is 5.06. The van der Waals surface area contributed by atoms with Gasteiger partial charge in [0.1, 0.15) is 6.54 Å². The summed E-state index contributed by atoms with van der Waals surface area (Å²) in [4.78, 5) is 30.8. The second-order valence-corrected chi connectivity index (χ2v) is 11.1. The molecule has 4 aromatic rings. The zero-order valence-electron chi connectivity index (χ0n) is 23.9. The lowest BCUT2D eigenvalue weighted by Gasteiger charge is -2.28. The molecule has 8 heteroatoms. The molecule has 0 bridgehead atoms. The Labute approximate surface area is 251 Å². The number of ether oxygens (including phenoxy) is 1. The Bertz CT molecular complexity index is 1410. The smallest absolute Gasteiger partial charge is 0.322 e. The molecule has 0 fully saturated rings. The minimum atomic E-state index is -0.292. The molecule has 41 heavy (non-hydrogen) atoms. The number of nitrogens with one attached hydrogen (secondary N) is 1. The zero-order chi connectivity index (χ0) is 29.0. The van der Waals surface area contributed by atoms with Crippen LogP contribution in [0.2, 0.25) is 0 Å². The highest BCUT2D eigenvalue weighted by Crippen LogP contribution is 2.23. The highest BCUT2D eigenvalue weighted by atomic mass is 79.9. The van der Waals surface area contributed by atoms with Crippen molar-refractivity contribution in [3.05, 3.63) is 101 Å². The number of unbranched alkanes of at least 4 members (excludes halogenated alkanes) is 1. The fraction of sp³-hybridized carbons (Fsp3) is 0.333. The first-order chi connectivity index (χ1) is 20.0. The number of aromatic nitrogens is 1. The Kier molecular flexibility index (Phi) is 11.4. The van der Waals surface area contributed by atoms with Crippen LogP contribution in [-0.4, -0.2) is 59.7 Å². The number of carbonyl (C=O) groups is 2. The highest BCUT2D eigenvalue weighted by molar-refractivity contribution is 9.10. The average molecular weight is 620 g/mol. The van der Waals surface area contributed by atoms with Crippen LogP contribution in [0.15, 0.2) is 89.5 Å². The van der Waals surface area contributed by atoms with Crippen molar-refractivity contribution in [2.75, 3.05) is 38.7 Å². The van der Waals surface area contributed by atoms with Gasteiger partial charge in [-0.1, -0.05) is 77.8 Å². The van der Waals surface area contributed by atoms with Crippen LogP contribution >= 0.6 is 15.9 Å². The third-order valence-corrected chi connectivity index (χ3v) is 7.63. The molecule has 4 rings (SSSR count). The fourth-order valence-corrected chi connectivity index (χ4v) is 5.08. The monoisotopic (exact) mass is 618 g/mol. The van der Waals surface area contributed by atoms with Crippen molar-refractivity contribution in [3.8, 4) is 0 Å². The van der Waals surface area contributed by atoms with Crippen molar-refractivity contribution < 1.29 is 14.3 Å². The summed E-state index contributed by atoms with van der Waals surface area (Å²) < 4.78 is 8.46. The van der Waals surface area contributed by atoms with Gasteiger partial charge in [0, 0.05) is 55.1 Å². The Morgan fingerprint density at radius 2 is 1.66 bits per heavy atom. The summed E-state index contributed by atoms with van der Waals surface area (Å²) in [7, 11) is 1.64. The molecule has 0 radical (unpaired) electrons. The van der Waals surface area contributed by atoms with Crippen LogP contribution in [0.4, 0.5) is 10.5 Å². The van der Waals surface area contributed by atoms with Gasteiger partial charge in [-0.05, 0) is 54.1 Å². The van der Waals surface area contributed by atoms with Gasteiger partial charge in [0.2, 0.25) is 5.91 Å². The number of amides is 3. The van der Waals surface area contributed by atoms with Crippen molar-refractivity contribution in [1.29, 1.82) is 0 Å². The van der Waals surface area contributed by atoms with Crippen LogP contribution < -0.4 is 5.32 Å². The zero-order valence-corrected chi connectivity index (χ0v) is 25.5. The lowest BCUT2D eigenvalue weighted by Crippen LogP contribution is -2.45. The molecule has 0 unspecified atom stereocenters. The van der Waals surface area contributed by atoms with E-state index in [9.17, 15) is 9.59 Å². The Morgan fingerprint density at radius 1 is 0.902 bits per heavy atom. The van der Waals surface area contributed by atoms with E-state index in [2.05, 4.69) is 57.1 Å². The number of carbonyl (C=O) groups excluding carboxylic acids is 2. The second kappa shape index (κ2) is 15.4. The van der Waals surface area contributed by atoms with E-state index >= 15 is 0 Å². The number of fused-ring (bicyclic) bond motifs is 1. The van der Waals surface area contributed by atoms with Gasteiger partial charge in [-0.2, -0.15) is 0 Å². The molecule has 0 aliphatic heterocycles. The predicted octanol–water partition coefficient (Wildman–Crippen LogP) is 7.15. The Morgan fingerprint density at radius 3 is 2.44 bits per heavy atom. The minimum Gasteiger partial charge on any atom is -0.385 e. The van der Waals surface area contributed by atoms with Gasteiger partial charge in [-0.15, -0.1) is 0 Å². The van der Waals surface area contributed by atoms with Gasteiger partial charge in [-0.3, -0.25) is 4.79 Å². The van der Waals surface area contributed by atoms with Crippen LogP contribution in [-0.2, 0) is 22.6 Å². The maximum Gasteiger partial charge on any atom is 0.322 e. The SMILES string of the molecule is CCCCN(Cc1cccn1Cc1ccc(Br)cc1)C(=O)CN(CCCOC)C(=O)Nc1cccc2ccccc12.